The smallest absolute Gasteiger partial charge is 0.246 e. The molecule has 0 bridgehead atoms. The number of nitrogens with one attached hydrogen (secondary N) is 2. The lowest BCUT2D eigenvalue weighted by Crippen LogP contribution is -2.52. The average Bonchev–Trinajstić information content (AvgIpc) is 2.34. The number of amides is 2. The van der Waals surface area contributed by atoms with Crippen LogP contribution in [0.5, 0.6) is 0 Å². The summed E-state index contributed by atoms with van der Waals surface area (Å²) in [6.07, 6.45) is 0.906. The highest BCUT2D eigenvalue weighted by molar-refractivity contribution is 6.28. The molecule has 0 spiro atoms. The molecule has 0 atom stereocenters. The van der Waals surface area contributed by atoms with Crippen molar-refractivity contribution >= 4 is 35.3 Å². The number of carbonyl (C=O) groups excluding carboxylic acids is 2. The van der Waals surface area contributed by atoms with Crippen LogP contribution in [0.2, 0.25) is 5.28 Å². The van der Waals surface area contributed by atoms with E-state index in [0.29, 0.717) is 12.5 Å². The highest BCUT2D eigenvalue weighted by atomic mass is 35.5. The van der Waals surface area contributed by atoms with Crippen molar-refractivity contribution in [1.82, 2.24) is 20.3 Å². The molecule has 0 unspecified atom stereocenters. The number of nitrogens with zero attached hydrogens (tertiary/aromatic N) is 4. The number of hydrogen-bond acceptors (Lipinski definition) is 7. The molecule has 0 aromatic carbocycles. The van der Waals surface area contributed by atoms with Crippen molar-refractivity contribution in [3.8, 4) is 0 Å². The summed E-state index contributed by atoms with van der Waals surface area (Å²) in [5.74, 6) is -0.246. The monoisotopic (exact) mass is 284 g/mol. The highest BCUT2D eigenvalue weighted by Crippen LogP contribution is 2.14. The molecule has 1 aliphatic heterocycles. The van der Waals surface area contributed by atoms with Crippen LogP contribution in [0.25, 0.3) is 0 Å². The molecule has 0 saturated carbocycles. The molecular formula is C10H13ClN6O2. The molecule has 102 valence electrons. The Morgan fingerprint density at radius 2 is 1.95 bits per heavy atom. The van der Waals surface area contributed by atoms with Crippen molar-refractivity contribution in [3.63, 3.8) is 0 Å². The standard InChI is InChI=1S/C10H13ClN6O2/c1-2-3-12-9-14-8(11)15-10(16-9)17-4-6(18)13-7(19)5-17/h2-5H2,1H3,(H,13,18,19)(H,12,14,15,16). The van der Waals surface area contributed by atoms with Gasteiger partial charge in [0, 0.05) is 6.54 Å². The van der Waals surface area contributed by atoms with Gasteiger partial charge in [0.2, 0.25) is 29.0 Å². The Balaban J connectivity index is 2.21. The van der Waals surface area contributed by atoms with Crippen molar-refractivity contribution in [2.24, 2.45) is 0 Å². The third-order valence-corrected chi connectivity index (χ3v) is 2.53. The minimum Gasteiger partial charge on any atom is -0.354 e. The molecule has 1 aromatic rings. The van der Waals surface area contributed by atoms with Gasteiger partial charge in [0.05, 0.1) is 0 Å². The lowest BCUT2D eigenvalue weighted by atomic mass is 10.3. The fourth-order valence-corrected chi connectivity index (χ4v) is 1.73. The fourth-order valence-electron chi connectivity index (χ4n) is 1.58. The average molecular weight is 285 g/mol. The van der Waals surface area contributed by atoms with Crippen molar-refractivity contribution in [2.75, 3.05) is 29.9 Å². The fraction of sp³-hybridized carbons (Fsp3) is 0.500. The highest BCUT2D eigenvalue weighted by Gasteiger charge is 2.25. The number of carbonyl (C=O) groups is 2. The summed E-state index contributed by atoms with van der Waals surface area (Å²) >= 11 is 5.81. The number of halogens is 1. The third kappa shape index (κ3) is 3.50. The number of rotatable bonds is 4. The van der Waals surface area contributed by atoms with Crippen LogP contribution in [0.15, 0.2) is 0 Å². The second-order valence-corrected chi connectivity index (χ2v) is 4.32. The molecule has 2 N–H and O–H groups in total. The zero-order valence-corrected chi connectivity index (χ0v) is 11.1. The molecule has 0 radical (unpaired) electrons. The van der Waals surface area contributed by atoms with E-state index in [-0.39, 0.29) is 24.3 Å². The van der Waals surface area contributed by atoms with Gasteiger partial charge in [0.15, 0.2) is 0 Å². The van der Waals surface area contributed by atoms with Crippen molar-refractivity contribution in [1.29, 1.82) is 0 Å². The molecule has 9 heteroatoms. The van der Waals surface area contributed by atoms with Crippen LogP contribution >= 0.6 is 11.6 Å². The molecule has 2 heterocycles. The SMILES string of the molecule is CCCNc1nc(Cl)nc(N2CC(=O)NC(=O)C2)n1. The van der Waals surface area contributed by atoms with E-state index < -0.39 is 11.8 Å². The minimum atomic E-state index is -0.393. The number of imide groups is 1. The molecule has 1 fully saturated rings. The minimum absolute atomic E-state index is 0.0132. The zero-order valence-electron chi connectivity index (χ0n) is 10.3. The maximum absolute atomic E-state index is 11.3. The van der Waals surface area contributed by atoms with Crippen LogP contribution in [-0.4, -0.2) is 46.4 Å². The van der Waals surface area contributed by atoms with Crippen LogP contribution < -0.4 is 15.5 Å². The quantitative estimate of drug-likeness (QED) is 0.739. The Morgan fingerprint density at radius 3 is 2.58 bits per heavy atom. The van der Waals surface area contributed by atoms with Crippen LogP contribution in [-0.2, 0) is 9.59 Å². The molecule has 2 amide bonds. The molecule has 19 heavy (non-hydrogen) atoms. The first-order valence-electron chi connectivity index (χ1n) is 5.81. The summed E-state index contributed by atoms with van der Waals surface area (Å²) in [7, 11) is 0. The van der Waals surface area contributed by atoms with Gasteiger partial charge < -0.3 is 10.2 Å². The van der Waals surface area contributed by atoms with E-state index in [0.717, 1.165) is 6.42 Å². The van der Waals surface area contributed by atoms with E-state index in [1.54, 1.807) is 0 Å². The normalized spacial score (nSPS) is 15.4. The first kappa shape index (κ1) is 13.5. The number of anilines is 2. The van der Waals surface area contributed by atoms with E-state index in [9.17, 15) is 9.59 Å². The zero-order chi connectivity index (χ0) is 13.8. The van der Waals surface area contributed by atoms with Gasteiger partial charge in [0.1, 0.15) is 13.1 Å². The lowest BCUT2D eigenvalue weighted by molar-refractivity contribution is -0.130. The molecule has 0 aliphatic carbocycles. The molecule has 2 rings (SSSR count). The second-order valence-electron chi connectivity index (χ2n) is 3.98. The Kier molecular flexibility index (Phi) is 4.10. The molecular weight excluding hydrogens is 272 g/mol. The Hall–Kier alpha value is -1.96. The predicted molar refractivity (Wildman–Crippen MR) is 69.0 cm³/mol. The van der Waals surface area contributed by atoms with Crippen LogP contribution in [0.1, 0.15) is 13.3 Å². The first-order chi connectivity index (χ1) is 9.08. The second kappa shape index (κ2) is 5.79. The largest absolute Gasteiger partial charge is 0.354 e. The summed E-state index contributed by atoms with van der Waals surface area (Å²) in [6.45, 7) is 2.72. The van der Waals surface area contributed by atoms with Gasteiger partial charge in [-0.1, -0.05) is 6.92 Å². The van der Waals surface area contributed by atoms with Gasteiger partial charge in [0.25, 0.3) is 0 Å². The van der Waals surface area contributed by atoms with Gasteiger partial charge in [-0.3, -0.25) is 14.9 Å². The Labute approximate surface area is 114 Å². The molecule has 1 saturated heterocycles. The van der Waals surface area contributed by atoms with Crippen LogP contribution in [0.4, 0.5) is 11.9 Å². The summed E-state index contributed by atoms with van der Waals surface area (Å²) in [6, 6.07) is 0. The predicted octanol–water partition coefficient (Wildman–Crippen LogP) is -0.190. The Bertz CT molecular complexity index is 493. The van der Waals surface area contributed by atoms with E-state index in [2.05, 4.69) is 25.6 Å². The maximum Gasteiger partial charge on any atom is 0.246 e. The van der Waals surface area contributed by atoms with Crippen molar-refractivity contribution < 1.29 is 9.59 Å². The van der Waals surface area contributed by atoms with E-state index >= 15 is 0 Å². The van der Waals surface area contributed by atoms with Crippen LogP contribution in [0, 0.1) is 0 Å². The topological polar surface area (TPSA) is 100 Å². The summed E-state index contributed by atoms with van der Waals surface area (Å²) < 4.78 is 0. The summed E-state index contributed by atoms with van der Waals surface area (Å²) in [4.78, 5) is 36.1. The lowest BCUT2D eigenvalue weighted by Gasteiger charge is -2.25. The van der Waals surface area contributed by atoms with E-state index in [1.165, 1.54) is 4.90 Å². The maximum atomic E-state index is 11.3. The molecule has 1 aliphatic rings. The van der Waals surface area contributed by atoms with Crippen molar-refractivity contribution in [3.05, 3.63) is 5.28 Å². The van der Waals surface area contributed by atoms with E-state index in [1.807, 2.05) is 6.92 Å². The summed E-state index contributed by atoms with van der Waals surface area (Å²) in [5.41, 5.74) is 0. The van der Waals surface area contributed by atoms with E-state index in [4.69, 9.17) is 11.6 Å². The molecule has 1 aromatic heterocycles. The van der Waals surface area contributed by atoms with Crippen LogP contribution in [0.3, 0.4) is 0 Å². The number of piperazine rings is 1. The summed E-state index contributed by atoms with van der Waals surface area (Å²) in [5, 5.41) is 5.20. The number of hydrogen-bond donors (Lipinski definition) is 2. The first-order valence-corrected chi connectivity index (χ1v) is 6.19. The van der Waals surface area contributed by atoms with Gasteiger partial charge >= 0.3 is 0 Å². The Morgan fingerprint density at radius 1 is 1.26 bits per heavy atom. The van der Waals surface area contributed by atoms with Crippen molar-refractivity contribution in [2.45, 2.75) is 13.3 Å². The van der Waals surface area contributed by atoms with Gasteiger partial charge in [-0.15, -0.1) is 0 Å². The van der Waals surface area contributed by atoms with Gasteiger partial charge in [-0.2, -0.15) is 15.0 Å². The molecule has 8 nitrogen and oxygen atoms in total. The van der Waals surface area contributed by atoms with Gasteiger partial charge in [-0.25, -0.2) is 0 Å². The number of aromatic nitrogens is 3. The third-order valence-electron chi connectivity index (χ3n) is 2.36. The van der Waals surface area contributed by atoms with Gasteiger partial charge in [-0.05, 0) is 18.0 Å².